The molecule has 2 heterocycles. The first kappa shape index (κ1) is 13.8. The third kappa shape index (κ3) is 3.24. The number of halogens is 1. The van der Waals surface area contributed by atoms with Crippen LogP contribution in [-0.4, -0.2) is 22.3 Å². The third-order valence-electron chi connectivity index (χ3n) is 2.67. The van der Waals surface area contributed by atoms with Gasteiger partial charge in [0.05, 0.1) is 11.6 Å². The average Bonchev–Trinajstić information content (AvgIpc) is 2.91. The van der Waals surface area contributed by atoms with E-state index in [9.17, 15) is 4.79 Å². The van der Waals surface area contributed by atoms with Gasteiger partial charge in [-0.3, -0.25) is 4.79 Å². The second kappa shape index (κ2) is 6.04. The normalized spacial score (nSPS) is 10.4. The first-order valence-electron chi connectivity index (χ1n) is 5.85. The number of hydrogen-bond donors (Lipinski definition) is 1. The average molecular weight is 296 g/mol. The number of nitrogens with two attached hydrogens (primary N) is 1. The van der Waals surface area contributed by atoms with Crippen LogP contribution in [0.5, 0.6) is 0 Å². The highest BCUT2D eigenvalue weighted by Crippen LogP contribution is 2.19. The van der Waals surface area contributed by atoms with Gasteiger partial charge >= 0.3 is 0 Å². The topological polar surface area (TPSA) is 59.2 Å². The van der Waals surface area contributed by atoms with Gasteiger partial charge in [-0.1, -0.05) is 17.7 Å². The highest BCUT2D eigenvalue weighted by Gasteiger charge is 2.19. The molecule has 0 aromatic carbocycles. The summed E-state index contributed by atoms with van der Waals surface area (Å²) in [6.07, 6.45) is 0. The van der Waals surface area contributed by atoms with Gasteiger partial charge in [0, 0.05) is 11.4 Å². The molecule has 2 aromatic rings. The van der Waals surface area contributed by atoms with Gasteiger partial charge in [-0.2, -0.15) is 0 Å². The molecular formula is C13H14ClN3OS. The Morgan fingerprint density at radius 1 is 1.47 bits per heavy atom. The maximum atomic E-state index is 12.4. The fourth-order valence-corrected chi connectivity index (χ4v) is 2.58. The highest BCUT2D eigenvalue weighted by atomic mass is 35.5. The maximum absolute atomic E-state index is 12.4. The van der Waals surface area contributed by atoms with Crippen LogP contribution in [0.4, 0.5) is 5.82 Å². The van der Waals surface area contributed by atoms with Crippen LogP contribution in [-0.2, 0) is 6.54 Å². The van der Waals surface area contributed by atoms with Gasteiger partial charge in [0.1, 0.15) is 11.5 Å². The number of aromatic nitrogens is 1. The summed E-state index contributed by atoms with van der Waals surface area (Å²) in [6, 6.07) is 7.13. The summed E-state index contributed by atoms with van der Waals surface area (Å²) in [5.41, 5.74) is 5.81. The monoisotopic (exact) mass is 295 g/mol. The first-order chi connectivity index (χ1) is 9.11. The summed E-state index contributed by atoms with van der Waals surface area (Å²) in [5, 5.41) is 2.31. The molecule has 19 heavy (non-hydrogen) atoms. The molecule has 0 bridgehead atoms. The molecule has 0 radical (unpaired) electrons. The third-order valence-corrected chi connectivity index (χ3v) is 3.83. The van der Waals surface area contributed by atoms with E-state index in [1.54, 1.807) is 28.4 Å². The van der Waals surface area contributed by atoms with Crippen LogP contribution >= 0.6 is 22.9 Å². The SMILES string of the molecule is CCN(Cc1cccs1)C(=O)c1nc(N)ccc1Cl. The number of hydrogen-bond acceptors (Lipinski definition) is 4. The maximum Gasteiger partial charge on any atom is 0.274 e. The Bertz CT molecular complexity index is 571. The Kier molecular flexibility index (Phi) is 4.39. The number of carbonyl (C=O) groups is 1. The zero-order valence-corrected chi connectivity index (χ0v) is 12.0. The molecule has 0 spiro atoms. The number of carbonyl (C=O) groups excluding carboxylic acids is 1. The summed E-state index contributed by atoms with van der Waals surface area (Å²) in [6.45, 7) is 3.06. The van der Waals surface area contributed by atoms with Crippen LogP contribution in [0.3, 0.4) is 0 Å². The van der Waals surface area contributed by atoms with Crippen molar-refractivity contribution >= 4 is 34.7 Å². The van der Waals surface area contributed by atoms with Gasteiger partial charge < -0.3 is 10.6 Å². The van der Waals surface area contributed by atoms with Crippen molar-refractivity contribution in [2.75, 3.05) is 12.3 Å². The van der Waals surface area contributed by atoms with E-state index in [-0.39, 0.29) is 11.6 Å². The predicted octanol–water partition coefficient (Wildman–Crippen LogP) is 3.04. The van der Waals surface area contributed by atoms with Crippen LogP contribution in [0.15, 0.2) is 29.6 Å². The fourth-order valence-electron chi connectivity index (χ4n) is 1.67. The smallest absolute Gasteiger partial charge is 0.274 e. The Balaban J connectivity index is 2.23. The molecular weight excluding hydrogens is 282 g/mol. The van der Waals surface area contributed by atoms with Crippen molar-refractivity contribution in [2.45, 2.75) is 13.5 Å². The zero-order valence-electron chi connectivity index (χ0n) is 10.5. The Morgan fingerprint density at radius 3 is 2.89 bits per heavy atom. The molecule has 0 saturated heterocycles. The summed E-state index contributed by atoms with van der Waals surface area (Å²) in [4.78, 5) is 19.2. The quantitative estimate of drug-likeness (QED) is 0.943. The lowest BCUT2D eigenvalue weighted by atomic mass is 10.3. The van der Waals surface area contributed by atoms with Crippen molar-refractivity contribution in [1.29, 1.82) is 0 Å². The fraction of sp³-hybridized carbons (Fsp3) is 0.231. The highest BCUT2D eigenvalue weighted by molar-refractivity contribution is 7.09. The van der Waals surface area contributed by atoms with Crippen LogP contribution in [0.2, 0.25) is 5.02 Å². The summed E-state index contributed by atoms with van der Waals surface area (Å²) >= 11 is 7.63. The summed E-state index contributed by atoms with van der Waals surface area (Å²) in [7, 11) is 0. The minimum Gasteiger partial charge on any atom is -0.384 e. The molecule has 0 fully saturated rings. The predicted molar refractivity (Wildman–Crippen MR) is 78.4 cm³/mol. The van der Waals surface area contributed by atoms with Crippen LogP contribution in [0, 0.1) is 0 Å². The van der Waals surface area contributed by atoms with E-state index >= 15 is 0 Å². The standard InChI is InChI=1S/C13H14ClN3OS/c1-2-17(8-9-4-3-7-19-9)13(18)12-10(14)5-6-11(15)16-12/h3-7H,2,8H2,1H3,(H2,15,16). The second-order valence-electron chi connectivity index (χ2n) is 3.97. The Labute approximate surface area is 120 Å². The molecule has 6 heteroatoms. The van der Waals surface area contributed by atoms with Gasteiger partial charge in [-0.15, -0.1) is 11.3 Å². The van der Waals surface area contributed by atoms with E-state index in [0.29, 0.717) is 23.9 Å². The van der Waals surface area contributed by atoms with Crippen molar-refractivity contribution in [3.63, 3.8) is 0 Å². The van der Waals surface area contributed by atoms with Gasteiger partial charge in [0.25, 0.3) is 5.91 Å². The molecule has 100 valence electrons. The number of thiophene rings is 1. The lowest BCUT2D eigenvalue weighted by Crippen LogP contribution is -2.31. The molecule has 0 atom stereocenters. The van der Waals surface area contributed by atoms with Gasteiger partial charge in [0.15, 0.2) is 0 Å². The molecule has 2 N–H and O–H groups in total. The van der Waals surface area contributed by atoms with E-state index in [1.807, 2.05) is 24.4 Å². The van der Waals surface area contributed by atoms with Crippen LogP contribution in [0.25, 0.3) is 0 Å². The van der Waals surface area contributed by atoms with E-state index in [4.69, 9.17) is 17.3 Å². The van der Waals surface area contributed by atoms with E-state index in [0.717, 1.165) is 4.88 Å². The van der Waals surface area contributed by atoms with Crippen LogP contribution < -0.4 is 5.73 Å². The van der Waals surface area contributed by atoms with Crippen molar-refractivity contribution in [1.82, 2.24) is 9.88 Å². The molecule has 2 aromatic heterocycles. The number of nitrogens with zero attached hydrogens (tertiary/aromatic N) is 2. The molecule has 0 unspecified atom stereocenters. The van der Waals surface area contributed by atoms with Crippen molar-refractivity contribution in [3.8, 4) is 0 Å². The number of nitrogen functional groups attached to an aromatic ring is 1. The lowest BCUT2D eigenvalue weighted by Gasteiger charge is -2.20. The number of rotatable bonds is 4. The molecule has 0 saturated carbocycles. The molecule has 1 amide bonds. The zero-order chi connectivity index (χ0) is 13.8. The van der Waals surface area contributed by atoms with E-state index in [2.05, 4.69) is 4.98 Å². The van der Waals surface area contributed by atoms with Gasteiger partial charge in [-0.25, -0.2) is 4.98 Å². The van der Waals surface area contributed by atoms with Crippen LogP contribution in [0.1, 0.15) is 22.3 Å². The lowest BCUT2D eigenvalue weighted by molar-refractivity contribution is 0.0748. The van der Waals surface area contributed by atoms with E-state index < -0.39 is 0 Å². The molecule has 0 aliphatic heterocycles. The van der Waals surface area contributed by atoms with Gasteiger partial charge in [-0.05, 0) is 30.5 Å². The summed E-state index contributed by atoms with van der Waals surface area (Å²) in [5.74, 6) is 0.0909. The Morgan fingerprint density at radius 2 is 2.26 bits per heavy atom. The number of pyridine rings is 1. The molecule has 4 nitrogen and oxygen atoms in total. The number of anilines is 1. The number of amides is 1. The molecule has 0 aliphatic rings. The largest absolute Gasteiger partial charge is 0.384 e. The van der Waals surface area contributed by atoms with Gasteiger partial charge in [0.2, 0.25) is 0 Å². The minimum absolute atomic E-state index is 0.201. The molecule has 0 aliphatic carbocycles. The molecule has 2 rings (SSSR count). The first-order valence-corrected chi connectivity index (χ1v) is 7.11. The minimum atomic E-state index is -0.201. The van der Waals surface area contributed by atoms with Crippen molar-refractivity contribution in [2.24, 2.45) is 0 Å². The van der Waals surface area contributed by atoms with Crippen molar-refractivity contribution in [3.05, 3.63) is 45.2 Å². The van der Waals surface area contributed by atoms with Crippen molar-refractivity contribution < 1.29 is 4.79 Å². The second-order valence-corrected chi connectivity index (χ2v) is 5.40. The van der Waals surface area contributed by atoms with E-state index in [1.165, 1.54) is 0 Å². The summed E-state index contributed by atoms with van der Waals surface area (Å²) < 4.78 is 0. The Hall–Kier alpha value is -1.59.